The zero-order valence-corrected chi connectivity index (χ0v) is 9.78. The number of aliphatic hydroxyl groups excluding tert-OH is 1. The summed E-state index contributed by atoms with van der Waals surface area (Å²) < 4.78 is 5.58. The standard InChI is InChI=1S/C10H13N5O3/c1-6-5-15(10(17)13-9(6)16)8-3-2-7(18-8)4-12-14-11/h2-3,5,7-8,10-11,17H,4H2,1H3/p+1/t7-,8+,10?/m0/s1. The van der Waals surface area contributed by atoms with Crippen molar-refractivity contribution < 1.29 is 14.6 Å². The minimum atomic E-state index is -1.12. The molecule has 18 heavy (non-hydrogen) atoms. The third kappa shape index (κ3) is 2.45. The molecule has 0 fully saturated rings. The molecule has 2 rings (SSSR count). The van der Waals surface area contributed by atoms with Gasteiger partial charge >= 0.3 is 0 Å². The molecule has 8 heteroatoms. The van der Waals surface area contributed by atoms with E-state index >= 15 is 0 Å². The molecule has 0 spiro atoms. The maximum Gasteiger partial charge on any atom is 0.251 e. The fraction of sp³-hybridized carbons (Fsp3) is 0.500. The fourth-order valence-corrected chi connectivity index (χ4v) is 1.75. The number of aliphatic hydroxyl groups is 1. The van der Waals surface area contributed by atoms with Crippen molar-refractivity contribution in [3.05, 3.63) is 23.9 Å². The van der Waals surface area contributed by atoms with Crippen LogP contribution in [0.1, 0.15) is 6.92 Å². The Balaban J connectivity index is 2.03. The first-order valence-corrected chi connectivity index (χ1v) is 5.43. The van der Waals surface area contributed by atoms with Crippen LogP contribution in [-0.4, -0.2) is 41.1 Å². The zero-order chi connectivity index (χ0) is 13.1. The topological polar surface area (TPSA) is 112 Å². The van der Waals surface area contributed by atoms with Gasteiger partial charge in [0.15, 0.2) is 12.8 Å². The number of nitrogens with one attached hydrogen (secondary N) is 2. The molecule has 3 atom stereocenters. The van der Waals surface area contributed by atoms with Crippen molar-refractivity contribution in [3.63, 3.8) is 0 Å². The molecule has 0 aliphatic carbocycles. The number of nitrogens with zero attached hydrogens (tertiary/aromatic N) is 3. The van der Waals surface area contributed by atoms with Crippen LogP contribution in [0.15, 0.2) is 29.0 Å². The summed E-state index contributed by atoms with van der Waals surface area (Å²) >= 11 is 0. The maximum absolute atomic E-state index is 11.3. The summed E-state index contributed by atoms with van der Waals surface area (Å²) in [5, 5.41) is 15.7. The van der Waals surface area contributed by atoms with Gasteiger partial charge in [-0.15, -0.1) is 0 Å². The highest BCUT2D eigenvalue weighted by molar-refractivity contribution is 5.93. The Morgan fingerprint density at radius 1 is 1.67 bits per heavy atom. The Labute approximate surface area is 103 Å². The van der Waals surface area contributed by atoms with E-state index in [0.29, 0.717) is 5.57 Å². The Hall–Kier alpha value is -2.02. The van der Waals surface area contributed by atoms with E-state index in [4.69, 9.17) is 10.3 Å². The number of carbonyl (C=O) groups excluding carboxylic acids is 1. The molecule has 0 saturated carbocycles. The third-order valence-electron chi connectivity index (χ3n) is 2.67. The Bertz CT molecular complexity index is 454. The van der Waals surface area contributed by atoms with Crippen LogP contribution in [0.25, 0.3) is 0 Å². The van der Waals surface area contributed by atoms with Crippen LogP contribution in [-0.2, 0) is 9.53 Å². The molecule has 1 unspecified atom stereocenters. The Kier molecular flexibility index (Phi) is 3.52. The van der Waals surface area contributed by atoms with E-state index in [0.717, 1.165) is 0 Å². The molecule has 2 aliphatic rings. The van der Waals surface area contributed by atoms with Crippen LogP contribution in [0.3, 0.4) is 0 Å². The highest BCUT2D eigenvalue weighted by Gasteiger charge is 2.31. The fourth-order valence-electron chi connectivity index (χ4n) is 1.75. The molecular formula is C10H14N5O3+. The first-order chi connectivity index (χ1) is 8.61. The van der Waals surface area contributed by atoms with Crippen LogP contribution in [0, 0.1) is 5.53 Å². The van der Waals surface area contributed by atoms with E-state index in [1.165, 1.54) is 4.90 Å². The lowest BCUT2D eigenvalue weighted by molar-refractivity contribution is -0.136. The van der Waals surface area contributed by atoms with Crippen LogP contribution in [0.5, 0.6) is 0 Å². The average Bonchev–Trinajstić information content (AvgIpc) is 2.79. The van der Waals surface area contributed by atoms with E-state index < -0.39 is 12.6 Å². The highest BCUT2D eigenvalue weighted by atomic mass is 16.5. The highest BCUT2D eigenvalue weighted by Crippen LogP contribution is 2.20. The minimum Gasteiger partial charge on any atom is -0.356 e. The quantitative estimate of drug-likeness (QED) is 0.354. The van der Waals surface area contributed by atoms with Gasteiger partial charge in [0.1, 0.15) is 16.7 Å². The second kappa shape index (κ2) is 5.09. The van der Waals surface area contributed by atoms with Crippen molar-refractivity contribution in [1.82, 2.24) is 15.1 Å². The first kappa shape index (κ1) is 12.4. The third-order valence-corrected chi connectivity index (χ3v) is 2.67. The summed E-state index contributed by atoms with van der Waals surface area (Å²) in [5.41, 5.74) is 7.06. The molecular weight excluding hydrogens is 238 g/mol. The van der Waals surface area contributed by atoms with Gasteiger partial charge in [0.25, 0.3) is 5.91 Å². The largest absolute Gasteiger partial charge is 0.356 e. The smallest absolute Gasteiger partial charge is 0.251 e. The number of rotatable bonds is 3. The second-order valence-electron chi connectivity index (χ2n) is 3.98. The molecule has 96 valence electrons. The number of hydrogen-bond acceptors (Lipinski definition) is 6. The molecule has 2 aliphatic heterocycles. The van der Waals surface area contributed by atoms with Crippen LogP contribution in [0.2, 0.25) is 0 Å². The SMILES string of the molecule is CC1=CN([C@H]2C=C[C@@H](CN=[N+]=N)O2)C(O)NC1=O. The lowest BCUT2D eigenvalue weighted by Gasteiger charge is -2.35. The van der Waals surface area contributed by atoms with Gasteiger partial charge in [0.05, 0.1) is 0 Å². The van der Waals surface area contributed by atoms with Crippen molar-refractivity contribution in [2.24, 2.45) is 5.11 Å². The van der Waals surface area contributed by atoms with Gasteiger partial charge in [0.2, 0.25) is 11.3 Å². The van der Waals surface area contributed by atoms with E-state index in [1.54, 1.807) is 25.3 Å². The summed E-state index contributed by atoms with van der Waals surface area (Å²) in [4.78, 5) is 15.7. The number of carbonyl (C=O) groups is 1. The molecule has 0 aromatic heterocycles. The molecule has 1 amide bonds. The molecule has 0 bridgehead atoms. The Morgan fingerprint density at radius 2 is 2.44 bits per heavy atom. The van der Waals surface area contributed by atoms with Crippen molar-refractivity contribution in [3.8, 4) is 0 Å². The number of amides is 1. The van der Waals surface area contributed by atoms with Crippen molar-refractivity contribution >= 4 is 5.91 Å². The number of ether oxygens (including phenoxy) is 1. The van der Waals surface area contributed by atoms with Crippen LogP contribution >= 0.6 is 0 Å². The first-order valence-electron chi connectivity index (χ1n) is 5.43. The molecule has 0 radical (unpaired) electrons. The van der Waals surface area contributed by atoms with E-state index in [9.17, 15) is 9.90 Å². The summed E-state index contributed by atoms with van der Waals surface area (Å²) in [6.45, 7) is 1.91. The predicted octanol–water partition coefficient (Wildman–Crippen LogP) is -0.571. The molecule has 3 N–H and O–H groups in total. The van der Waals surface area contributed by atoms with Gasteiger partial charge < -0.3 is 20.1 Å². The predicted molar refractivity (Wildman–Crippen MR) is 59.7 cm³/mol. The normalized spacial score (nSPS) is 30.8. The average molecular weight is 252 g/mol. The summed E-state index contributed by atoms with van der Waals surface area (Å²) in [5.74, 6) is -0.305. The molecule has 2 heterocycles. The molecule has 0 aromatic rings. The maximum atomic E-state index is 11.3. The van der Waals surface area contributed by atoms with Crippen molar-refractivity contribution in [1.29, 1.82) is 5.53 Å². The van der Waals surface area contributed by atoms with Gasteiger partial charge in [-0.1, -0.05) is 6.08 Å². The molecule has 0 aromatic carbocycles. The van der Waals surface area contributed by atoms with Crippen LogP contribution < -0.4 is 10.2 Å². The van der Waals surface area contributed by atoms with E-state index in [1.807, 2.05) is 0 Å². The lowest BCUT2D eigenvalue weighted by Crippen LogP contribution is -2.53. The van der Waals surface area contributed by atoms with Gasteiger partial charge in [-0.3, -0.25) is 4.79 Å². The van der Waals surface area contributed by atoms with Gasteiger partial charge in [-0.05, 0) is 13.0 Å². The Morgan fingerprint density at radius 3 is 3.17 bits per heavy atom. The summed E-state index contributed by atoms with van der Waals surface area (Å²) in [6, 6.07) is 0. The van der Waals surface area contributed by atoms with Crippen molar-refractivity contribution in [2.75, 3.05) is 6.54 Å². The number of hydrogen-bond donors (Lipinski definition) is 3. The molecule has 0 saturated heterocycles. The lowest BCUT2D eigenvalue weighted by atomic mass is 10.2. The minimum absolute atomic E-state index is 0.259. The van der Waals surface area contributed by atoms with Crippen molar-refractivity contribution in [2.45, 2.75) is 25.6 Å². The second-order valence-corrected chi connectivity index (χ2v) is 3.98. The van der Waals surface area contributed by atoms with E-state index in [-0.39, 0.29) is 18.6 Å². The van der Waals surface area contributed by atoms with E-state index in [2.05, 4.69) is 15.3 Å². The summed E-state index contributed by atoms with van der Waals surface area (Å²) in [6.07, 6.45) is 3.23. The zero-order valence-electron chi connectivity index (χ0n) is 9.78. The van der Waals surface area contributed by atoms with Gasteiger partial charge in [0, 0.05) is 11.8 Å². The van der Waals surface area contributed by atoms with Crippen LogP contribution in [0.4, 0.5) is 0 Å². The van der Waals surface area contributed by atoms with Gasteiger partial charge in [-0.25, -0.2) is 0 Å². The summed E-state index contributed by atoms with van der Waals surface area (Å²) in [7, 11) is 0. The monoisotopic (exact) mass is 252 g/mol. The van der Waals surface area contributed by atoms with Gasteiger partial charge in [-0.2, -0.15) is 0 Å². The molecule has 8 nitrogen and oxygen atoms in total.